The highest BCUT2D eigenvalue weighted by Crippen LogP contribution is 2.24. The van der Waals surface area contributed by atoms with Crippen molar-refractivity contribution in [1.29, 1.82) is 0 Å². The Bertz CT molecular complexity index is 886. The van der Waals surface area contributed by atoms with Gasteiger partial charge in [-0.2, -0.15) is 0 Å². The zero-order valence-electron chi connectivity index (χ0n) is 12.5. The Labute approximate surface area is 139 Å². The van der Waals surface area contributed by atoms with Gasteiger partial charge in [0.1, 0.15) is 5.52 Å². The number of para-hydroxylation sites is 1. The van der Waals surface area contributed by atoms with Gasteiger partial charge >= 0.3 is 5.97 Å². The van der Waals surface area contributed by atoms with Crippen LogP contribution in [0.2, 0.25) is 5.02 Å². The summed E-state index contributed by atoms with van der Waals surface area (Å²) in [6, 6.07) is 16.6. The quantitative estimate of drug-likeness (QED) is 0.394. The van der Waals surface area contributed by atoms with E-state index in [0.29, 0.717) is 16.3 Å². The average molecular weight is 324 g/mol. The van der Waals surface area contributed by atoms with Crippen molar-refractivity contribution in [2.24, 2.45) is 0 Å². The number of carbonyl (C=O) groups excluding carboxylic acids is 1. The number of rotatable bonds is 3. The summed E-state index contributed by atoms with van der Waals surface area (Å²) >= 11 is 5.83. The van der Waals surface area contributed by atoms with E-state index in [2.05, 4.69) is 4.98 Å². The predicted octanol–water partition coefficient (Wildman–Crippen LogP) is 4.82. The van der Waals surface area contributed by atoms with E-state index in [0.717, 1.165) is 16.6 Å². The second kappa shape index (κ2) is 6.63. The third kappa shape index (κ3) is 3.76. The fourth-order valence-electron chi connectivity index (χ4n) is 2.18. The van der Waals surface area contributed by atoms with Gasteiger partial charge in [0, 0.05) is 22.2 Å². The van der Waals surface area contributed by atoms with Gasteiger partial charge in [0.2, 0.25) is 0 Å². The van der Waals surface area contributed by atoms with Crippen LogP contribution >= 0.6 is 11.6 Å². The van der Waals surface area contributed by atoms with Crippen molar-refractivity contribution >= 4 is 34.5 Å². The van der Waals surface area contributed by atoms with Crippen LogP contribution in [0.1, 0.15) is 11.3 Å². The van der Waals surface area contributed by atoms with E-state index in [4.69, 9.17) is 16.3 Å². The molecule has 0 fully saturated rings. The van der Waals surface area contributed by atoms with Crippen molar-refractivity contribution < 1.29 is 9.53 Å². The molecule has 3 rings (SSSR count). The molecule has 114 valence electrons. The highest BCUT2D eigenvalue weighted by atomic mass is 35.5. The van der Waals surface area contributed by atoms with Crippen LogP contribution in [-0.2, 0) is 4.79 Å². The molecule has 0 bridgehead atoms. The molecule has 4 heteroatoms. The molecule has 0 amide bonds. The van der Waals surface area contributed by atoms with Gasteiger partial charge in [-0.05, 0) is 42.8 Å². The van der Waals surface area contributed by atoms with Gasteiger partial charge < -0.3 is 4.74 Å². The molecule has 0 radical (unpaired) electrons. The smallest absolute Gasteiger partial charge is 0.336 e. The molecule has 1 aromatic heterocycles. The normalized spacial score (nSPS) is 11.0. The van der Waals surface area contributed by atoms with Crippen LogP contribution in [-0.4, -0.2) is 11.0 Å². The van der Waals surface area contributed by atoms with Crippen LogP contribution < -0.4 is 4.74 Å². The molecule has 0 aliphatic carbocycles. The predicted molar refractivity (Wildman–Crippen MR) is 92.6 cm³/mol. The Hall–Kier alpha value is -2.65. The van der Waals surface area contributed by atoms with Gasteiger partial charge in [0.05, 0.1) is 0 Å². The Morgan fingerprint density at radius 2 is 1.87 bits per heavy atom. The summed E-state index contributed by atoms with van der Waals surface area (Å²) in [5.41, 5.74) is 2.43. The number of esters is 1. The second-order valence-electron chi connectivity index (χ2n) is 5.09. The van der Waals surface area contributed by atoms with E-state index >= 15 is 0 Å². The van der Waals surface area contributed by atoms with E-state index in [9.17, 15) is 4.79 Å². The maximum absolute atomic E-state index is 12.0. The number of hydrogen-bond donors (Lipinski definition) is 0. The molecule has 0 saturated heterocycles. The number of ether oxygens (including phenoxy) is 1. The van der Waals surface area contributed by atoms with E-state index < -0.39 is 5.97 Å². The summed E-state index contributed by atoms with van der Waals surface area (Å²) in [5, 5.41) is 1.59. The topological polar surface area (TPSA) is 39.2 Å². The average Bonchev–Trinajstić information content (AvgIpc) is 2.55. The third-order valence-corrected chi connectivity index (χ3v) is 3.57. The number of carbonyl (C=O) groups is 1. The molecule has 23 heavy (non-hydrogen) atoms. The van der Waals surface area contributed by atoms with Crippen molar-refractivity contribution in [3.8, 4) is 5.75 Å². The molecule has 0 unspecified atom stereocenters. The maximum Gasteiger partial charge on any atom is 0.336 e. The second-order valence-corrected chi connectivity index (χ2v) is 5.52. The van der Waals surface area contributed by atoms with E-state index in [1.54, 1.807) is 24.3 Å². The van der Waals surface area contributed by atoms with Crippen LogP contribution in [0.5, 0.6) is 5.75 Å². The maximum atomic E-state index is 12.0. The molecular formula is C19H14ClNO2. The molecule has 0 N–H and O–H groups in total. The van der Waals surface area contributed by atoms with Crippen LogP contribution in [0.4, 0.5) is 0 Å². The number of aromatic nitrogens is 1. The van der Waals surface area contributed by atoms with Crippen LogP contribution in [0.3, 0.4) is 0 Å². The number of fused-ring (bicyclic) bond motifs is 1. The van der Waals surface area contributed by atoms with Gasteiger partial charge in [-0.15, -0.1) is 0 Å². The fourth-order valence-corrected chi connectivity index (χ4v) is 2.31. The van der Waals surface area contributed by atoms with Crippen molar-refractivity contribution in [2.45, 2.75) is 6.92 Å². The summed E-state index contributed by atoms with van der Waals surface area (Å²) in [5.74, 6) is 0.00714. The largest absolute Gasteiger partial charge is 0.421 e. The Balaban J connectivity index is 1.80. The van der Waals surface area contributed by atoms with Crippen LogP contribution in [0.15, 0.2) is 60.7 Å². The standard InChI is InChI=1S/C19H14ClNO2/c1-13-5-9-15-3-2-4-17(19(15)21-13)23-18(22)12-8-14-6-10-16(20)11-7-14/h2-12H,1H3. The lowest BCUT2D eigenvalue weighted by Gasteiger charge is -2.06. The van der Waals surface area contributed by atoms with Crippen molar-refractivity contribution in [2.75, 3.05) is 0 Å². The monoisotopic (exact) mass is 323 g/mol. The lowest BCUT2D eigenvalue weighted by Crippen LogP contribution is -2.04. The van der Waals surface area contributed by atoms with Gasteiger partial charge in [-0.25, -0.2) is 9.78 Å². The molecule has 0 aliphatic rings. The lowest BCUT2D eigenvalue weighted by molar-refractivity contribution is -0.128. The molecule has 0 saturated carbocycles. The molecule has 3 nitrogen and oxygen atoms in total. The van der Waals surface area contributed by atoms with E-state index in [-0.39, 0.29) is 0 Å². The summed E-state index contributed by atoms with van der Waals surface area (Å²) in [6.07, 6.45) is 3.07. The van der Waals surface area contributed by atoms with Gasteiger partial charge in [0.15, 0.2) is 5.75 Å². The first-order chi connectivity index (χ1) is 11.1. The minimum atomic E-state index is -0.448. The van der Waals surface area contributed by atoms with Crippen molar-refractivity contribution in [1.82, 2.24) is 4.98 Å². The highest BCUT2D eigenvalue weighted by Gasteiger charge is 2.07. The first kappa shape index (κ1) is 15.3. The molecule has 0 aliphatic heterocycles. The molecule has 3 aromatic rings. The first-order valence-electron chi connectivity index (χ1n) is 7.14. The summed E-state index contributed by atoms with van der Waals surface area (Å²) in [6.45, 7) is 1.90. The third-order valence-electron chi connectivity index (χ3n) is 3.31. The number of pyridine rings is 1. The van der Waals surface area contributed by atoms with Crippen LogP contribution in [0, 0.1) is 6.92 Å². The van der Waals surface area contributed by atoms with Crippen molar-refractivity contribution in [3.63, 3.8) is 0 Å². The SMILES string of the molecule is Cc1ccc2cccc(OC(=O)C=Cc3ccc(Cl)cc3)c2n1. The van der Waals surface area contributed by atoms with Crippen molar-refractivity contribution in [3.05, 3.63) is 77.0 Å². The zero-order valence-corrected chi connectivity index (χ0v) is 13.2. The first-order valence-corrected chi connectivity index (χ1v) is 7.51. The highest BCUT2D eigenvalue weighted by molar-refractivity contribution is 6.30. The Morgan fingerprint density at radius 1 is 1.09 bits per heavy atom. The molecule has 0 spiro atoms. The fraction of sp³-hybridized carbons (Fsp3) is 0.0526. The van der Waals surface area contributed by atoms with E-state index in [1.807, 2.05) is 43.3 Å². The van der Waals surface area contributed by atoms with Gasteiger partial charge in [0.25, 0.3) is 0 Å². The minimum Gasteiger partial charge on any atom is -0.421 e. The Morgan fingerprint density at radius 3 is 2.65 bits per heavy atom. The molecule has 2 aromatic carbocycles. The molecule has 0 atom stereocenters. The number of halogens is 1. The van der Waals surface area contributed by atoms with Gasteiger partial charge in [-0.1, -0.05) is 41.9 Å². The molecule has 1 heterocycles. The van der Waals surface area contributed by atoms with E-state index in [1.165, 1.54) is 6.08 Å². The summed E-state index contributed by atoms with van der Waals surface area (Å²) in [4.78, 5) is 16.5. The summed E-state index contributed by atoms with van der Waals surface area (Å²) < 4.78 is 5.41. The zero-order chi connectivity index (χ0) is 16.2. The van der Waals surface area contributed by atoms with Gasteiger partial charge in [-0.3, -0.25) is 0 Å². The minimum absolute atomic E-state index is 0.448. The number of aryl methyl sites for hydroxylation is 1. The van der Waals surface area contributed by atoms with Crippen LogP contribution in [0.25, 0.3) is 17.0 Å². The Kier molecular flexibility index (Phi) is 4.40. The number of hydrogen-bond acceptors (Lipinski definition) is 3. The number of nitrogens with zero attached hydrogens (tertiary/aromatic N) is 1. The summed E-state index contributed by atoms with van der Waals surface area (Å²) in [7, 11) is 0. The number of benzene rings is 2. The molecular weight excluding hydrogens is 310 g/mol. The lowest BCUT2D eigenvalue weighted by atomic mass is 10.2.